The van der Waals surface area contributed by atoms with E-state index in [9.17, 15) is 4.39 Å². The van der Waals surface area contributed by atoms with Crippen LogP contribution in [0.5, 0.6) is 0 Å². The number of hydrogen-bond donors (Lipinski definition) is 0. The Kier molecular flexibility index (Phi) is 5.94. The lowest BCUT2D eigenvalue weighted by Crippen LogP contribution is -1.81. The first-order valence-corrected chi connectivity index (χ1v) is 5.90. The van der Waals surface area contributed by atoms with Crippen molar-refractivity contribution in [3.05, 3.63) is 65.7 Å². The molecular formula is C15H18FN. The third kappa shape index (κ3) is 5.25. The minimum atomic E-state index is -0.144. The van der Waals surface area contributed by atoms with Gasteiger partial charge in [-0.25, -0.2) is 4.39 Å². The van der Waals surface area contributed by atoms with Gasteiger partial charge in [0.05, 0.1) is 0 Å². The second-order valence-electron chi connectivity index (χ2n) is 3.66. The molecule has 0 fully saturated rings. The van der Waals surface area contributed by atoms with Crippen molar-refractivity contribution in [1.29, 1.82) is 0 Å². The average molecular weight is 231 g/mol. The molecule has 0 saturated carbocycles. The highest BCUT2D eigenvalue weighted by Gasteiger charge is 1.89. The van der Waals surface area contributed by atoms with Gasteiger partial charge in [0.25, 0.3) is 0 Å². The van der Waals surface area contributed by atoms with Crippen molar-refractivity contribution in [3.8, 4) is 0 Å². The molecule has 0 radical (unpaired) electrons. The zero-order valence-electron chi connectivity index (χ0n) is 10.4. The van der Waals surface area contributed by atoms with E-state index >= 15 is 0 Å². The lowest BCUT2D eigenvalue weighted by molar-refractivity contribution is 0.625. The number of halogens is 1. The number of rotatable bonds is 2. The Balaban J connectivity index is 0.000000171. The number of benzene rings is 1. The SMILES string of the molecule is CCc1cccc(F)c1.CCc1ccccn1. The van der Waals surface area contributed by atoms with E-state index in [2.05, 4.69) is 11.9 Å². The summed E-state index contributed by atoms with van der Waals surface area (Å²) < 4.78 is 12.4. The summed E-state index contributed by atoms with van der Waals surface area (Å²) in [5.74, 6) is -0.144. The summed E-state index contributed by atoms with van der Waals surface area (Å²) in [6, 6.07) is 12.6. The van der Waals surface area contributed by atoms with Crippen LogP contribution in [-0.2, 0) is 12.8 Å². The molecule has 1 aromatic carbocycles. The second kappa shape index (κ2) is 7.55. The molecule has 0 aliphatic rings. The topological polar surface area (TPSA) is 12.9 Å². The predicted octanol–water partition coefficient (Wildman–Crippen LogP) is 4.03. The van der Waals surface area contributed by atoms with E-state index in [0.29, 0.717) is 0 Å². The van der Waals surface area contributed by atoms with E-state index in [0.717, 1.165) is 24.1 Å². The Morgan fingerprint density at radius 3 is 2.24 bits per heavy atom. The second-order valence-corrected chi connectivity index (χ2v) is 3.66. The van der Waals surface area contributed by atoms with Crippen molar-refractivity contribution in [2.45, 2.75) is 26.7 Å². The Hall–Kier alpha value is -1.70. The van der Waals surface area contributed by atoms with Gasteiger partial charge >= 0.3 is 0 Å². The Morgan fingerprint density at radius 1 is 1.00 bits per heavy atom. The summed E-state index contributed by atoms with van der Waals surface area (Å²) in [5, 5.41) is 0. The highest BCUT2D eigenvalue weighted by molar-refractivity contribution is 5.15. The van der Waals surface area contributed by atoms with Gasteiger partial charge in [-0.05, 0) is 42.7 Å². The Bertz CT molecular complexity index is 426. The first kappa shape index (κ1) is 13.4. The molecule has 2 heteroatoms. The number of aromatic nitrogens is 1. The molecule has 1 aromatic heterocycles. The molecule has 0 unspecified atom stereocenters. The molecule has 0 saturated heterocycles. The fourth-order valence-electron chi connectivity index (χ4n) is 1.36. The summed E-state index contributed by atoms with van der Waals surface area (Å²) in [4.78, 5) is 4.10. The minimum Gasteiger partial charge on any atom is -0.261 e. The minimum absolute atomic E-state index is 0.144. The summed E-state index contributed by atoms with van der Waals surface area (Å²) in [7, 11) is 0. The first-order chi connectivity index (χ1) is 8.26. The zero-order chi connectivity index (χ0) is 12.5. The third-order valence-electron chi connectivity index (χ3n) is 2.39. The highest BCUT2D eigenvalue weighted by atomic mass is 19.1. The lowest BCUT2D eigenvalue weighted by atomic mass is 10.2. The predicted molar refractivity (Wildman–Crippen MR) is 69.4 cm³/mol. The van der Waals surface area contributed by atoms with E-state index in [1.165, 1.54) is 6.07 Å². The van der Waals surface area contributed by atoms with Gasteiger partial charge in [0, 0.05) is 11.9 Å². The summed E-state index contributed by atoms with van der Waals surface area (Å²) in [6.07, 6.45) is 3.75. The maximum Gasteiger partial charge on any atom is 0.123 e. The van der Waals surface area contributed by atoms with E-state index in [4.69, 9.17) is 0 Å². The van der Waals surface area contributed by atoms with Crippen molar-refractivity contribution in [2.24, 2.45) is 0 Å². The van der Waals surface area contributed by atoms with Crippen LogP contribution in [0.25, 0.3) is 0 Å². The van der Waals surface area contributed by atoms with Crippen molar-refractivity contribution >= 4 is 0 Å². The molecule has 2 rings (SSSR count). The molecule has 0 atom stereocenters. The smallest absolute Gasteiger partial charge is 0.123 e. The number of aryl methyl sites for hydroxylation is 2. The van der Waals surface area contributed by atoms with Gasteiger partial charge in [-0.15, -0.1) is 0 Å². The van der Waals surface area contributed by atoms with Gasteiger partial charge in [0.1, 0.15) is 5.82 Å². The van der Waals surface area contributed by atoms with Gasteiger partial charge in [-0.2, -0.15) is 0 Å². The van der Waals surface area contributed by atoms with Gasteiger partial charge in [0.2, 0.25) is 0 Å². The third-order valence-corrected chi connectivity index (χ3v) is 2.39. The highest BCUT2D eigenvalue weighted by Crippen LogP contribution is 2.02. The number of hydrogen-bond acceptors (Lipinski definition) is 1. The van der Waals surface area contributed by atoms with Crippen LogP contribution < -0.4 is 0 Å². The molecule has 0 aliphatic heterocycles. The van der Waals surface area contributed by atoms with Crippen molar-refractivity contribution in [1.82, 2.24) is 4.98 Å². The quantitative estimate of drug-likeness (QED) is 0.760. The molecule has 90 valence electrons. The average Bonchev–Trinajstić information content (AvgIpc) is 2.40. The van der Waals surface area contributed by atoms with Crippen LogP contribution in [0.2, 0.25) is 0 Å². The molecule has 17 heavy (non-hydrogen) atoms. The van der Waals surface area contributed by atoms with Crippen LogP contribution >= 0.6 is 0 Å². The molecule has 0 bridgehead atoms. The van der Waals surface area contributed by atoms with Crippen LogP contribution in [0.3, 0.4) is 0 Å². The van der Waals surface area contributed by atoms with Crippen molar-refractivity contribution < 1.29 is 4.39 Å². The van der Waals surface area contributed by atoms with Crippen molar-refractivity contribution in [3.63, 3.8) is 0 Å². The fraction of sp³-hybridized carbons (Fsp3) is 0.267. The maximum atomic E-state index is 12.4. The molecule has 1 heterocycles. The van der Waals surface area contributed by atoms with Crippen LogP contribution in [0, 0.1) is 5.82 Å². The van der Waals surface area contributed by atoms with Crippen LogP contribution in [0.15, 0.2) is 48.7 Å². The molecule has 0 amide bonds. The van der Waals surface area contributed by atoms with Gasteiger partial charge < -0.3 is 0 Å². The molecule has 2 aromatic rings. The number of pyridine rings is 1. The van der Waals surface area contributed by atoms with E-state index in [1.54, 1.807) is 12.1 Å². The molecule has 0 aliphatic carbocycles. The summed E-state index contributed by atoms with van der Waals surface area (Å²) >= 11 is 0. The zero-order valence-corrected chi connectivity index (χ0v) is 10.4. The molecular weight excluding hydrogens is 213 g/mol. The van der Waals surface area contributed by atoms with Gasteiger partial charge in [-0.3, -0.25) is 4.98 Å². The van der Waals surface area contributed by atoms with Crippen LogP contribution in [0.4, 0.5) is 4.39 Å². The van der Waals surface area contributed by atoms with Crippen LogP contribution in [-0.4, -0.2) is 4.98 Å². The Labute approximate surface area is 102 Å². The first-order valence-electron chi connectivity index (χ1n) is 5.90. The Morgan fingerprint density at radius 2 is 1.82 bits per heavy atom. The molecule has 1 nitrogen and oxygen atoms in total. The normalized spacial score (nSPS) is 9.35. The summed E-state index contributed by atoms with van der Waals surface area (Å²) in [6.45, 7) is 4.11. The maximum absolute atomic E-state index is 12.4. The van der Waals surface area contributed by atoms with E-state index < -0.39 is 0 Å². The monoisotopic (exact) mass is 231 g/mol. The summed E-state index contributed by atoms with van der Waals surface area (Å²) in [5.41, 5.74) is 2.21. The van der Waals surface area contributed by atoms with Gasteiger partial charge in [0.15, 0.2) is 0 Å². The standard InChI is InChI=1S/C8H9F.C7H9N/c1-2-7-4-3-5-8(9)6-7;1-2-7-5-3-4-6-8-7/h3-6H,2H2,1H3;3-6H,2H2,1H3. The largest absolute Gasteiger partial charge is 0.261 e. The van der Waals surface area contributed by atoms with Crippen molar-refractivity contribution in [2.75, 3.05) is 0 Å². The van der Waals surface area contributed by atoms with Gasteiger partial charge in [-0.1, -0.05) is 32.0 Å². The number of nitrogens with zero attached hydrogens (tertiary/aromatic N) is 1. The fourth-order valence-corrected chi connectivity index (χ4v) is 1.36. The van der Waals surface area contributed by atoms with Crippen LogP contribution in [0.1, 0.15) is 25.1 Å². The van der Waals surface area contributed by atoms with E-state index in [1.807, 2.05) is 37.4 Å². The lowest BCUT2D eigenvalue weighted by Gasteiger charge is -1.92. The van der Waals surface area contributed by atoms with E-state index in [-0.39, 0.29) is 5.82 Å². The molecule has 0 N–H and O–H groups in total. The molecule has 0 spiro atoms.